The summed E-state index contributed by atoms with van der Waals surface area (Å²) < 4.78 is 102. The first-order valence-corrected chi connectivity index (χ1v) is 12.1. The number of nitrogens with one attached hydrogen (secondary N) is 1. The van der Waals surface area contributed by atoms with Gasteiger partial charge in [-0.2, -0.15) is 17.5 Å². The maximum absolute atomic E-state index is 13.2. The summed E-state index contributed by atoms with van der Waals surface area (Å²) in [5, 5.41) is 2.40. The van der Waals surface area contributed by atoms with Gasteiger partial charge in [-0.25, -0.2) is 9.19 Å². The van der Waals surface area contributed by atoms with Crippen molar-refractivity contribution in [1.82, 2.24) is 4.98 Å². The van der Waals surface area contributed by atoms with E-state index in [0.29, 0.717) is 12.3 Å². The van der Waals surface area contributed by atoms with Gasteiger partial charge < -0.3 is 14.8 Å². The lowest BCUT2D eigenvalue weighted by molar-refractivity contribution is -0.274. The molecule has 0 aliphatic rings. The highest BCUT2D eigenvalue weighted by Crippen LogP contribution is 2.34. The van der Waals surface area contributed by atoms with Crippen molar-refractivity contribution in [3.63, 3.8) is 0 Å². The Balaban J connectivity index is 1.92. The van der Waals surface area contributed by atoms with Crippen molar-refractivity contribution in [1.29, 1.82) is 0 Å². The average molecular weight is 533 g/mol. The van der Waals surface area contributed by atoms with Gasteiger partial charge in [0.15, 0.2) is 0 Å². The lowest BCUT2D eigenvalue weighted by Gasteiger charge is -2.14. The van der Waals surface area contributed by atoms with E-state index in [2.05, 4.69) is 19.4 Å². The van der Waals surface area contributed by atoms with Crippen molar-refractivity contribution in [2.45, 2.75) is 12.5 Å². The van der Waals surface area contributed by atoms with Crippen LogP contribution in [0.15, 0.2) is 65.2 Å². The first-order valence-electron chi connectivity index (χ1n) is 9.78. The lowest BCUT2D eigenvalue weighted by Crippen LogP contribution is -2.17. The van der Waals surface area contributed by atoms with Gasteiger partial charge >= 0.3 is 12.5 Å². The normalized spacial score (nSPS) is 12.1. The quantitative estimate of drug-likeness (QED) is 0.370. The van der Waals surface area contributed by atoms with Gasteiger partial charge in [-0.05, 0) is 48.5 Å². The van der Waals surface area contributed by atoms with Crippen molar-refractivity contribution in [2.24, 2.45) is 4.36 Å². The predicted octanol–water partition coefficient (Wildman–Crippen LogP) is 6.40. The van der Waals surface area contributed by atoms with Gasteiger partial charge in [-0.15, -0.1) is 13.2 Å². The van der Waals surface area contributed by atoms with Gasteiger partial charge in [0.2, 0.25) is 5.88 Å². The van der Waals surface area contributed by atoms with Crippen LogP contribution in [0.5, 0.6) is 17.4 Å². The fourth-order valence-electron chi connectivity index (χ4n) is 2.76. The number of nitrogens with zero attached hydrogens (tertiary/aromatic N) is 2. The molecule has 3 rings (SSSR count). The molecule has 1 aromatic heterocycles. The fraction of sp³-hybridized carbons (Fsp3) is 0.182. The monoisotopic (exact) mass is 533 g/mol. The SMILES string of the molecule is CS(C)(=O)=Nc1cccc(NC(=O)c2cc(C(F)(F)F)cnc2Oc2ccc(OC(F)(F)F)cc2)c1. The summed E-state index contributed by atoms with van der Waals surface area (Å²) >= 11 is 0. The Labute approximate surface area is 201 Å². The molecule has 0 bridgehead atoms. The third kappa shape index (κ3) is 7.86. The highest BCUT2D eigenvalue weighted by molar-refractivity contribution is 7.92. The zero-order valence-corrected chi connectivity index (χ0v) is 19.3. The standard InChI is InChI=1S/C22H17F6N3O4S/c1-36(2,33)31-15-5-3-4-14(11-15)30-19(32)18-10-13(21(23,24)25)12-29-20(18)34-16-6-8-17(9-7-16)35-22(26,27)28/h3-12H,1-2H3,(H,30,32). The van der Waals surface area contributed by atoms with E-state index in [1.54, 1.807) is 0 Å². The first kappa shape index (κ1) is 26.8. The van der Waals surface area contributed by atoms with Gasteiger partial charge in [-0.1, -0.05) is 6.07 Å². The Bertz CT molecular complexity index is 1370. The molecular formula is C22H17F6N3O4S. The molecule has 7 nitrogen and oxygen atoms in total. The highest BCUT2D eigenvalue weighted by Gasteiger charge is 2.33. The molecule has 36 heavy (non-hydrogen) atoms. The predicted molar refractivity (Wildman–Crippen MR) is 119 cm³/mol. The minimum absolute atomic E-state index is 0.118. The van der Waals surface area contributed by atoms with E-state index in [-0.39, 0.29) is 17.1 Å². The van der Waals surface area contributed by atoms with Crippen LogP contribution in [0.4, 0.5) is 37.7 Å². The molecular weight excluding hydrogens is 516 g/mol. The van der Waals surface area contributed by atoms with Crippen molar-refractivity contribution >= 4 is 27.0 Å². The Morgan fingerprint density at radius 1 is 0.972 bits per heavy atom. The molecule has 3 aromatic rings. The minimum atomic E-state index is -4.92. The smallest absolute Gasteiger partial charge is 0.438 e. The van der Waals surface area contributed by atoms with E-state index in [9.17, 15) is 35.3 Å². The second kappa shape index (κ2) is 10.0. The number of aromatic nitrogens is 1. The molecule has 1 N–H and O–H groups in total. The van der Waals surface area contributed by atoms with Gasteiger partial charge in [0, 0.05) is 34.1 Å². The number of amides is 1. The molecule has 0 aliphatic carbocycles. The molecule has 0 aliphatic heterocycles. The first-order chi connectivity index (χ1) is 16.6. The van der Waals surface area contributed by atoms with Crippen LogP contribution in [0, 0.1) is 0 Å². The summed E-state index contributed by atoms with van der Waals surface area (Å²) in [5.74, 6) is -2.23. The number of benzene rings is 2. The van der Waals surface area contributed by atoms with E-state index in [1.165, 1.54) is 36.8 Å². The second-order valence-corrected chi connectivity index (χ2v) is 10.0. The number of halogens is 6. The van der Waals surface area contributed by atoms with Crippen molar-refractivity contribution in [3.8, 4) is 17.4 Å². The highest BCUT2D eigenvalue weighted by atomic mass is 32.2. The van der Waals surface area contributed by atoms with E-state index in [0.717, 1.165) is 24.3 Å². The molecule has 0 spiro atoms. The maximum atomic E-state index is 13.2. The number of pyridine rings is 1. The molecule has 2 aromatic carbocycles. The summed E-state index contributed by atoms with van der Waals surface area (Å²) in [7, 11) is -2.52. The average Bonchev–Trinajstić information content (AvgIpc) is 2.72. The van der Waals surface area contributed by atoms with Crippen molar-refractivity contribution < 1.29 is 44.8 Å². The van der Waals surface area contributed by atoms with Crippen LogP contribution in [-0.4, -0.2) is 34.0 Å². The van der Waals surface area contributed by atoms with Crippen molar-refractivity contribution in [3.05, 3.63) is 71.9 Å². The topological polar surface area (TPSA) is 89.9 Å². The molecule has 0 saturated heterocycles. The van der Waals surface area contributed by atoms with Gasteiger partial charge in [0.05, 0.1) is 11.3 Å². The Kier molecular flexibility index (Phi) is 7.48. The van der Waals surface area contributed by atoms with E-state index in [4.69, 9.17) is 4.74 Å². The number of carbonyl (C=O) groups is 1. The Hall–Kier alpha value is -3.81. The molecule has 0 saturated carbocycles. The van der Waals surface area contributed by atoms with Crippen LogP contribution in [0.2, 0.25) is 0 Å². The Morgan fingerprint density at radius 3 is 2.19 bits per heavy atom. The molecule has 0 fully saturated rings. The number of hydrogen-bond donors (Lipinski definition) is 1. The zero-order chi connectivity index (χ0) is 26.7. The van der Waals surface area contributed by atoms with Crippen molar-refractivity contribution in [2.75, 3.05) is 17.8 Å². The van der Waals surface area contributed by atoms with Crippen LogP contribution in [0.3, 0.4) is 0 Å². The maximum Gasteiger partial charge on any atom is 0.573 e. The number of hydrogen-bond acceptors (Lipinski definition) is 6. The van der Waals surface area contributed by atoms with E-state index in [1.807, 2.05) is 0 Å². The van der Waals surface area contributed by atoms with Crippen LogP contribution in [0.25, 0.3) is 0 Å². The molecule has 1 amide bonds. The van der Waals surface area contributed by atoms with Gasteiger partial charge in [0.1, 0.15) is 17.1 Å². The Morgan fingerprint density at radius 2 is 1.61 bits per heavy atom. The van der Waals surface area contributed by atoms with E-state index >= 15 is 0 Å². The summed E-state index contributed by atoms with van der Waals surface area (Å²) in [6.07, 6.45) is -6.49. The second-order valence-electron chi connectivity index (χ2n) is 7.47. The molecule has 14 heteroatoms. The molecule has 0 atom stereocenters. The zero-order valence-electron chi connectivity index (χ0n) is 18.5. The number of carbonyl (C=O) groups excluding carboxylic acids is 1. The minimum Gasteiger partial charge on any atom is -0.438 e. The number of anilines is 1. The number of alkyl halides is 6. The van der Waals surface area contributed by atoms with Crippen LogP contribution in [-0.2, 0) is 15.9 Å². The van der Waals surface area contributed by atoms with Crippen LogP contribution < -0.4 is 14.8 Å². The summed E-state index contributed by atoms with van der Waals surface area (Å²) in [6, 6.07) is 10.3. The third-order valence-corrected chi connectivity index (χ3v) is 4.77. The van der Waals surface area contributed by atoms with Gasteiger partial charge in [-0.3, -0.25) is 4.79 Å². The molecule has 0 unspecified atom stereocenters. The van der Waals surface area contributed by atoms with E-state index < -0.39 is 50.9 Å². The number of ether oxygens (including phenoxy) is 2. The summed E-state index contributed by atoms with van der Waals surface area (Å²) in [5.41, 5.74) is -1.42. The fourth-order valence-corrected chi connectivity index (χ4v) is 3.39. The molecule has 192 valence electrons. The van der Waals surface area contributed by atoms with Gasteiger partial charge in [0.25, 0.3) is 5.91 Å². The molecule has 0 radical (unpaired) electrons. The third-order valence-electron chi connectivity index (χ3n) is 4.12. The van der Waals surface area contributed by atoms with Crippen LogP contribution >= 0.6 is 0 Å². The lowest BCUT2D eigenvalue weighted by atomic mass is 10.1. The molecule has 1 heterocycles. The number of rotatable bonds is 6. The largest absolute Gasteiger partial charge is 0.573 e. The summed E-state index contributed by atoms with van der Waals surface area (Å²) in [6.45, 7) is 0. The summed E-state index contributed by atoms with van der Waals surface area (Å²) in [4.78, 5) is 16.5. The van der Waals surface area contributed by atoms with Crippen LogP contribution in [0.1, 0.15) is 15.9 Å².